The highest BCUT2D eigenvalue weighted by Crippen LogP contribution is 2.29. The summed E-state index contributed by atoms with van der Waals surface area (Å²) in [7, 11) is -2.03. The van der Waals surface area contributed by atoms with Gasteiger partial charge in [-0.1, -0.05) is 6.08 Å². The second kappa shape index (κ2) is 6.27. The van der Waals surface area contributed by atoms with E-state index in [2.05, 4.69) is 0 Å². The minimum atomic E-state index is -3.63. The number of nitrogens with zero attached hydrogens (tertiary/aromatic N) is 1. The van der Waals surface area contributed by atoms with Gasteiger partial charge >= 0.3 is 5.97 Å². The molecule has 0 spiro atoms. The van der Waals surface area contributed by atoms with Crippen molar-refractivity contribution in [3.8, 4) is 0 Å². The molecule has 0 fully saturated rings. The molecule has 1 aliphatic rings. The van der Waals surface area contributed by atoms with E-state index in [1.807, 2.05) is 6.08 Å². The Bertz CT molecular complexity index is 675. The van der Waals surface area contributed by atoms with Gasteiger partial charge in [0.05, 0.1) is 6.61 Å². The molecule has 2 rings (SSSR count). The lowest BCUT2D eigenvalue weighted by Gasteiger charge is -2.24. The second-order valence-electron chi connectivity index (χ2n) is 4.79. The number of aryl methyl sites for hydroxylation is 1. The number of hydrogen-bond donors (Lipinski definition) is 1. The van der Waals surface area contributed by atoms with E-state index in [9.17, 15) is 13.2 Å². The zero-order chi connectivity index (χ0) is 15.6. The molecule has 8 heteroatoms. The van der Waals surface area contributed by atoms with Crippen molar-refractivity contribution in [2.24, 2.45) is 0 Å². The van der Waals surface area contributed by atoms with E-state index in [4.69, 9.17) is 9.84 Å². The maximum Gasteiger partial charge on any atom is 0.346 e. The Labute approximate surface area is 127 Å². The number of aromatic carboxylic acids is 1. The molecular formula is C13H17NO5S2. The van der Waals surface area contributed by atoms with E-state index in [0.29, 0.717) is 31.7 Å². The molecule has 0 unspecified atom stereocenters. The summed E-state index contributed by atoms with van der Waals surface area (Å²) in [6.07, 6.45) is 2.48. The van der Waals surface area contributed by atoms with Gasteiger partial charge in [0.1, 0.15) is 9.09 Å². The number of thiophene rings is 1. The number of carboxylic acid groups (broad SMARTS) is 1. The summed E-state index contributed by atoms with van der Waals surface area (Å²) in [5.74, 6) is -1.10. The molecule has 116 valence electrons. The fourth-order valence-corrected chi connectivity index (χ4v) is 5.06. The van der Waals surface area contributed by atoms with Crippen molar-refractivity contribution < 1.29 is 23.1 Å². The van der Waals surface area contributed by atoms with E-state index < -0.39 is 16.0 Å². The molecule has 1 aromatic heterocycles. The smallest absolute Gasteiger partial charge is 0.346 e. The summed E-state index contributed by atoms with van der Waals surface area (Å²) in [5.41, 5.74) is 1.55. The number of methoxy groups -OCH3 is 1. The number of ether oxygens (including phenoxy) is 1. The highest BCUT2D eigenvalue weighted by molar-refractivity contribution is 7.91. The molecule has 0 aliphatic carbocycles. The lowest BCUT2D eigenvalue weighted by molar-refractivity contribution is 0.0701. The largest absolute Gasteiger partial charge is 0.477 e. The van der Waals surface area contributed by atoms with Crippen LogP contribution in [0.3, 0.4) is 0 Å². The minimum Gasteiger partial charge on any atom is -0.477 e. The number of sulfonamides is 1. The monoisotopic (exact) mass is 331 g/mol. The van der Waals surface area contributed by atoms with E-state index in [-0.39, 0.29) is 9.09 Å². The van der Waals surface area contributed by atoms with Crippen molar-refractivity contribution in [2.45, 2.75) is 17.6 Å². The highest BCUT2D eigenvalue weighted by Gasteiger charge is 2.29. The minimum absolute atomic E-state index is 0.0706. The van der Waals surface area contributed by atoms with Gasteiger partial charge < -0.3 is 9.84 Å². The third kappa shape index (κ3) is 3.34. The SMILES string of the molecule is COCC1=CCN(S(=O)(=O)c2cc(C)c(C(=O)O)s2)CC1. The normalized spacial score (nSPS) is 16.8. The van der Waals surface area contributed by atoms with Gasteiger partial charge in [-0.2, -0.15) is 4.31 Å². The molecule has 0 aromatic carbocycles. The molecule has 1 N–H and O–H groups in total. The Morgan fingerprint density at radius 2 is 2.24 bits per heavy atom. The fraction of sp³-hybridized carbons (Fsp3) is 0.462. The molecule has 1 aliphatic heterocycles. The van der Waals surface area contributed by atoms with Crippen LogP contribution in [-0.4, -0.2) is 50.6 Å². The van der Waals surface area contributed by atoms with Crippen LogP contribution in [0.15, 0.2) is 21.9 Å². The average Bonchev–Trinajstić information content (AvgIpc) is 2.83. The third-order valence-corrected chi connectivity index (χ3v) is 6.82. The first kappa shape index (κ1) is 16.2. The average molecular weight is 331 g/mol. The Morgan fingerprint density at radius 3 is 2.71 bits per heavy atom. The summed E-state index contributed by atoms with van der Waals surface area (Å²) in [5, 5.41) is 9.03. The molecule has 0 atom stereocenters. The summed E-state index contributed by atoms with van der Waals surface area (Å²) in [4.78, 5) is 11.1. The van der Waals surface area contributed by atoms with Gasteiger partial charge in [-0.25, -0.2) is 13.2 Å². The van der Waals surface area contributed by atoms with Gasteiger partial charge in [0, 0.05) is 20.2 Å². The van der Waals surface area contributed by atoms with Crippen molar-refractivity contribution in [1.29, 1.82) is 0 Å². The van der Waals surface area contributed by atoms with Gasteiger partial charge in [-0.05, 0) is 30.5 Å². The molecule has 2 heterocycles. The molecule has 1 aromatic rings. The van der Waals surface area contributed by atoms with Crippen LogP contribution in [0.4, 0.5) is 0 Å². The molecule has 0 amide bonds. The summed E-state index contributed by atoms with van der Waals surface area (Å²) in [6, 6.07) is 1.43. The summed E-state index contributed by atoms with van der Waals surface area (Å²) >= 11 is 0.805. The predicted octanol–water partition coefficient (Wildman–Crippen LogP) is 1.72. The first-order chi connectivity index (χ1) is 9.86. The highest BCUT2D eigenvalue weighted by atomic mass is 32.2. The van der Waals surface area contributed by atoms with E-state index in [0.717, 1.165) is 16.9 Å². The lowest BCUT2D eigenvalue weighted by Crippen LogP contribution is -2.34. The molecule has 0 saturated heterocycles. The van der Waals surface area contributed by atoms with Crippen molar-refractivity contribution in [3.63, 3.8) is 0 Å². The first-order valence-electron chi connectivity index (χ1n) is 6.37. The van der Waals surface area contributed by atoms with Gasteiger partial charge in [-0.3, -0.25) is 0 Å². The standard InChI is InChI=1S/C13H17NO5S2/c1-9-7-11(20-12(9)13(15)16)21(17,18)14-5-3-10(4-6-14)8-19-2/h3,7H,4-6,8H2,1-2H3,(H,15,16). The van der Waals surface area contributed by atoms with Crippen LogP contribution in [0.25, 0.3) is 0 Å². The Kier molecular flexibility index (Phi) is 4.82. The van der Waals surface area contributed by atoms with Crippen LogP contribution in [-0.2, 0) is 14.8 Å². The second-order valence-corrected chi connectivity index (χ2v) is 8.01. The van der Waals surface area contributed by atoms with Crippen LogP contribution in [0.2, 0.25) is 0 Å². The summed E-state index contributed by atoms with van der Waals surface area (Å²) < 4.78 is 31.5. The zero-order valence-electron chi connectivity index (χ0n) is 11.8. The maximum atomic E-state index is 12.5. The van der Waals surface area contributed by atoms with Crippen LogP contribution in [0, 0.1) is 6.92 Å². The lowest BCUT2D eigenvalue weighted by atomic mass is 10.1. The number of hydrogen-bond acceptors (Lipinski definition) is 5. The molecule has 21 heavy (non-hydrogen) atoms. The van der Waals surface area contributed by atoms with E-state index >= 15 is 0 Å². The van der Waals surface area contributed by atoms with E-state index in [1.54, 1.807) is 14.0 Å². The van der Waals surface area contributed by atoms with Crippen molar-refractivity contribution in [3.05, 3.63) is 28.2 Å². The topological polar surface area (TPSA) is 83.9 Å². The van der Waals surface area contributed by atoms with Crippen molar-refractivity contribution in [1.82, 2.24) is 4.31 Å². The fourth-order valence-electron chi connectivity index (χ4n) is 2.15. The summed E-state index contributed by atoms with van der Waals surface area (Å²) in [6.45, 7) is 2.79. The molecule has 0 saturated carbocycles. The quantitative estimate of drug-likeness (QED) is 0.831. The molecular weight excluding hydrogens is 314 g/mol. The molecule has 0 radical (unpaired) electrons. The molecule has 0 bridgehead atoms. The van der Waals surface area contributed by atoms with E-state index in [1.165, 1.54) is 10.4 Å². The van der Waals surface area contributed by atoms with Crippen molar-refractivity contribution in [2.75, 3.05) is 26.8 Å². The predicted molar refractivity (Wildman–Crippen MR) is 79.4 cm³/mol. The van der Waals surface area contributed by atoms with Crippen LogP contribution in [0.5, 0.6) is 0 Å². The Morgan fingerprint density at radius 1 is 1.52 bits per heavy atom. The van der Waals surface area contributed by atoms with Crippen LogP contribution in [0.1, 0.15) is 21.7 Å². The van der Waals surface area contributed by atoms with Gasteiger partial charge in [0.2, 0.25) is 0 Å². The zero-order valence-corrected chi connectivity index (χ0v) is 13.5. The number of carboxylic acids is 1. The van der Waals surface area contributed by atoms with Crippen LogP contribution < -0.4 is 0 Å². The van der Waals surface area contributed by atoms with Crippen molar-refractivity contribution >= 4 is 27.3 Å². The van der Waals surface area contributed by atoms with Gasteiger partial charge in [0.15, 0.2) is 0 Å². The van der Waals surface area contributed by atoms with Crippen LogP contribution >= 0.6 is 11.3 Å². The first-order valence-corrected chi connectivity index (χ1v) is 8.62. The third-order valence-electron chi connectivity index (χ3n) is 3.28. The Balaban J connectivity index is 2.23. The maximum absolute atomic E-state index is 12.5. The van der Waals surface area contributed by atoms with Gasteiger partial charge in [0.25, 0.3) is 10.0 Å². The number of carbonyl (C=O) groups is 1. The Hall–Kier alpha value is -1.22. The number of rotatable bonds is 5. The van der Waals surface area contributed by atoms with Gasteiger partial charge in [-0.15, -0.1) is 11.3 Å². The molecule has 6 nitrogen and oxygen atoms in total.